The number of para-hydroxylation sites is 2. The van der Waals surface area contributed by atoms with Crippen LogP contribution in [-0.2, 0) is 0 Å². The van der Waals surface area contributed by atoms with E-state index in [1.54, 1.807) is 0 Å². The molecule has 0 atom stereocenters. The van der Waals surface area contributed by atoms with Gasteiger partial charge in [-0.3, -0.25) is 0 Å². The highest BCUT2D eigenvalue weighted by molar-refractivity contribution is 6.59. The molecule has 8 heteroatoms. The van der Waals surface area contributed by atoms with Crippen molar-refractivity contribution in [1.29, 1.82) is 0 Å². The van der Waals surface area contributed by atoms with Gasteiger partial charge in [-0.2, -0.15) is 0 Å². The standard InChI is InChI=1S/C28H22N2.C20H13ClN2.C8H11BO2.CH4/c1-19-10-8-11-20(2)26(19)27-24-16-6-7-17-25(24)29-28(30-27)23-15-9-14-22(18-23)21-12-4-3-5-13-21;21-19-17-11-4-5-12-18(17)22-20(23-19)16-10-6-9-15(13-16)14-7-2-1-3-8-14;1-6-4-3-5-7(2)8(6)9(10)11;/h3-18H,1-2H3;1-13H;3-5,10-11H,1-2H3;1H4. The van der Waals surface area contributed by atoms with Crippen molar-refractivity contribution >= 4 is 46.0 Å². The Morgan fingerprint density at radius 1 is 0.385 bits per heavy atom. The molecule has 10 rings (SSSR count). The van der Waals surface area contributed by atoms with Crippen LogP contribution in [0.25, 0.3) is 78.1 Å². The topological polar surface area (TPSA) is 92.0 Å². The lowest BCUT2D eigenvalue weighted by molar-refractivity contribution is 0.425. The summed E-state index contributed by atoms with van der Waals surface area (Å²) in [5.74, 6) is 1.40. The van der Waals surface area contributed by atoms with Crippen molar-refractivity contribution in [2.24, 2.45) is 0 Å². The van der Waals surface area contributed by atoms with E-state index in [0.717, 1.165) is 61.1 Å². The molecule has 0 saturated carbocycles. The average Bonchev–Trinajstić information content (AvgIpc) is 3.32. The third kappa shape index (κ3) is 10.6. The molecule has 0 radical (unpaired) electrons. The minimum absolute atomic E-state index is 0. The molecule has 0 aliphatic carbocycles. The smallest absolute Gasteiger partial charge is 0.423 e. The van der Waals surface area contributed by atoms with E-state index in [9.17, 15) is 0 Å². The van der Waals surface area contributed by atoms with Crippen LogP contribution in [0.2, 0.25) is 5.15 Å². The highest BCUT2D eigenvalue weighted by Gasteiger charge is 2.17. The highest BCUT2D eigenvalue weighted by Crippen LogP contribution is 2.34. The average molecular weight is 869 g/mol. The Morgan fingerprint density at radius 2 is 0.769 bits per heavy atom. The van der Waals surface area contributed by atoms with Gasteiger partial charge in [0.15, 0.2) is 11.6 Å². The van der Waals surface area contributed by atoms with Crippen LogP contribution in [0.15, 0.2) is 194 Å². The van der Waals surface area contributed by atoms with Gasteiger partial charge in [0, 0.05) is 27.5 Å². The fraction of sp³-hybridized carbons (Fsp3) is 0.0877. The molecular weight excluding hydrogens is 819 g/mol. The van der Waals surface area contributed by atoms with Crippen molar-refractivity contribution in [3.05, 3.63) is 222 Å². The Labute approximate surface area is 387 Å². The number of nitrogens with zero attached hydrogens (tertiary/aromatic N) is 4. The molecule has 2 N–H and O–H groups in total. The molecule has 0 spiro atoms. The monoisotopic (exact) mass is 868 g/mol. The van der Waals surface area contributed by atoms with E-state index < -0.39 is 7.12 Å². The molecule has 0 aliphatic rings. The number of halogens is 1. The summed E-state index contributed by atoms with van der Waals surface area (Å²) in [5.41, 5.74) is 15.5. The van der Waals surface area contributed by atoms with E-state index in [1.165, 1.54) is 33.4 Å². The lowest BCUT2D eigenvalue weighted by Gasteiger charge is -2.14. The summed E-state index contributed by atoms with van der Waals surface area (Å²) < 4.78 is 0. The van der Waals surface area contributed by atoms with E-state index >= 15 is 0 Å². The number of rotatable bonds is 6. The highest BCUT2D eigenvalue weighted by atomic mass is 35.5. The molecule has 320 valence electrons. The molecule has 0 bridgehead atoms. The van der Waals surface area contributed by atoms with Gasteiger partial charge in [-0.25, -0.2) is 19.9 Å². The molecule has 0 aliphatic heterocycles. The molecule has 0 unspecified atom stereocenters. The minimum atomic E-state index is -1.35. The summed E-state index contributed by atoms with van der Waals surface area (Å²) in [6, 6.07) is 65.4. The molecule has 6 nitrogen and oxygen atoms in total. The predicted octanol–water partition coefficient (Wildman–Crippen LogP) is 13.5. The Kier molecular flexibility index (Phi) is 14.7. The SMILES string of the molecule is C.Cc1cccc(C)c1-c1nc(-c2cccc(-c3ccccc3)c2)nc2ccccc12.Cc1cccc(C)c1B(O)O.Clc1nc(-c2cccc(-c3ccccc3)c2)nc2ccccc12. The number of aryl methyl sites for hydroxylation is 4. The van der Waals surface area contributed by atoms with Crippen molar-refractivity contribution in [1.82, 2.24) is 19.9 Å². The zero-order chi connectivity index (χ0) is 44.6. The molecule has 2 aromatic heterocycles. The Hall–Kier alpha value is -7.29. The van der Waals surface area contributed by atoms with Crippen LogP contribution in [0.1, 0.15) is 29.7 Å². The number of fused-ring (bicyclic) bond motifs is 2. The summed E-state index contributed by atoms with van der Waals surface area (Å²) in [6.07, 6.45) is 0. The number of benzene rings is 8. The van der Waals surface area contributed by atoms with Crippen molar-refractivity contribution < 1.29 is 10.0 Å². The van der Waals surface area contributed by atoms with Gasteiger partial charge in [-0.15, -0.1) is 0 Å². The van der Waals surface area contributed by atoms with Crippen LogP contribution in [0, 0.1) is 27.7 Å². The van der Waals surface area contributed by atoms with Gasteiger partial charge in [0.1, 0.15) is 5.15 Å². The third-order valence-corrected chi connectivity index (χ3v) is 11.4. The maximum Gasteiger partial charge on any atom is 0.488 e. The largest absolute Gasteiger partial charge is 0.488 e. The van der Waals surface area contributed by atoms with E-state index in [4.69, 9.17) is 31.6 Å². The van der Waals surface area contributed by atoms with Crippen LogP contribution in [-0.4, -0.2) is 37.1 Å². The Bertz CT molecular complexity index is 3180. The lowest BCUT2D eigenvalue weighted by atomic mass is 9.74. The second-order valence-corrected chi connectivity index (χ2v) is 16.0. The summed E-state index contributed by atoms with van der Waals surface area (Å²) >= 11 is 6.32. The van der Waals surface area contributed by atoms with Gasteiger partial charge in [-0.05, 0) is 96.9 Å². The fourth-order valence-electron chi connectivity index (χ4n) is 7.92. The first-order valence-electron chi connectivity index (χ1n) is 21.1. The van der Waals surface area contributed by atoms with Crippen molar-refractivity contribution in [2.75, 3.05) is 0 Å². The second-order valence-electron chi connectivity index (χ2n) is 15.6. The number of hydrogen-bond donors (Lipinski definition) is 2. The zero-order valence-electron chi connectivity index (χ0n) is 36.1. The molecular formula is C57H50BClN4O2. The molecule has 8 aromatic carbocycles. The van der Waals surface area contributed by atoms with E-state index in [-0.39, 0.29) is 7.43 Å². The van der Waals surface area contributed by atoms with Gasteiger partial charge in [-0.1, -0.05) is 194 Å². The van der Waals surface area contributed by atoms with Crippen LogP contribution in [0.4, 0.5) is 0 Å². The zero-order valence-corrected chi connectivity index (χ0v) is 36.9. The second kappa shape index (κ2) is 20.9. The summed E-state index contributed by atoms with van der Waals surface area (Å²) in [5, 5.41) is 20.3. The normalized spacial score (nSPS) is 10.6. The maximum atomic E-state index is 8.94. The lowest BCUT2D eigenvalue weighted by Crippen LogP contribution is -2.34. The van der Waals surface area contributed by atoms with Crippen molar-refractivity contribution in [3.63, 3.8) is 0 Å². The molecule has 2 heterocycles. The van der Waals surface area contributed by atoms with Crippen LogP contribution in [0.5, 0.6) is 0 Å². The Balaban J connectivity index is 0.000000159. The quantitative estimate of drug-likeness (QED) is 0.128. The first-order valence-corrected chi connectivity index (χ1v) is 21.5. The molecule has 0 saturated heterocycles. The van der Waals surface area contributed by atoms with Crippen LogP contribution in [0.3, 0.4) is 0 Å². The third-order valence-electron chi connectivity index (χ3n) is 11.1. The predicted molar refractivity (Wildman–Crippen MR) is 273 cm³/mol. The van der Waals surface area contributed by atoms with E-state index in [1.807, 2.05) is 98.8 Å². The summed E-state index contributed by atoms with van der Waals surface area (Å²) in [4.78, 5) is 19.1. The van der Waals surface area contributed by atoms with E-state index in [2.05, 4.69) is 133 Å². The van der Waals surface area contributed by atoms with Crippen LogP contribution >= 0.6 is 11.6 Å². The molecule has 0 amide bonds. The van der Waals surface area contributed by atoms with Gasteiger partial charge < -0.3 is 10.0 Å². The molecule has 10 aromatic rings. The number of hydrogen-bond acceptors (Lipinski definition) is 6. The fourth-order valence-corrected chi connectivity index (χ4v) is 8.16. The Morgan fingerprint density at radius 3 is 1.26 bits per heavy atom. The van der Waals surface area contributed by atoms with E-state index in [0.29, 0.717) is 16.4 Å². The minimum Gasteiger partial charge on any atom is -0.423 e. The van der Waals surface area contributed by atoms with Crippen LogP contribution < -0.4 is 5.46 Å². The van der Waals surface area contributed by atoms with Crippen molar-refractivity contribution in [2.45, 2.75) is 35.1 Å². The number of aromatic nitrogens is 4. The first-order chi connectivity index (χ1) is 31.1. The van der Waals surface area contributed by atoms with Gasteiger partial charge >= 0.3 is 7.12 Å². The summed E-state index contributed by atoms with van der Waals surface area (Å²) in [6.45, 7) is 8.02. The molecule has 0 fully saturated rings. The van der Waals surface area contributed by atoms with Gasteiger partial charge in [0.05, 0.1) is 16.7 Å². The first kappa shape index (κ1) is 45.7. The molecule has 65 heavy (non-hydrogen) atoms. The maximum absolute atomic E-state index is 8.94. The van der Waals surface area contributed by atoms with Crippen molar-refractivity contribution in [3.8, 4) is 56.3 Å². The van der Waals surface area contributed by atoms with Gasteiger partial charge in [0.2, 0.25) is 0 Å². The van der Waals surface area contributed by atoms with Gasteiger partial charge in [0.25, 0.3) is 0 Å². The summed E-state index contributed by atoms with van der Waals surface area (Å²) in [7, 11) is -1.35.